The highest BCUT2D eigenvalue weighted by Crippen LogP contribution is 2.33. The lowest BCUT2D eigenvalue weighted by Crippen LogP contribution is -2.46. The van der Waals surface area contributed by atoms with E-state index in [0.29, 0.717) is 24.6 Å². The van der Waals surface area contributed by atoms with Crippen LogP contribution in [0.15, 0.2) is 0 Å². The molecule has 2 rings (SSSR count). The molecular weight excluding hydrogens is 216 g/mol. The molecule has 2 aliphatic rings. The third-order valence-corrected chi connectivity index (χ3v) is 4.12. The zero-order valence-corrected chi connectivity index (χ0v) is 11.0. The summed E-state index contributed by atoms with van der Waals surface area (Å²) in [7, 11) is 1.68. The molecule has 0 aromatic rings. The molecule has 2 bridgehead atoms. The van der Waals surface area contributed by atoms with E-state index in [-0.39, 0.29) is 17.9 Å². The number of carbonyl (C=O) groups is 1. The predicted molar refractivity (Wildman–Crippen MR) is 66.7 cm³/mol. The van der Waals surface area contributed by atoms with E-state index in [1.54, 1.807) is 7.11 Å². The van der Waals surface area contributed by atoms with E-state index in [1.165, 1.54) is 6.42 Å². The molecule has 0 spiro atoms. The van der Waals surface area contributed by atoms with E-state index in [9.17, 15) is 4.79 Å². The Morgan fingerprint density at radius 3 is 2.71 bits per heavy atom. The Bertz CT molecular complexity index is 281. The number of fused-ring (bicyclic) bond motifs is 2. The number of hydrogen-bond donors (Lipinski definition) is 2. The second-order valence-corrected chi connectivity index (χ2v) is 5.70. The lowest BCUT2D eigenvalue weighted by Gasteiger charge is -2.26. The van der Waals surface area contributed by atoms with E-state index in [2.05, 4.69) is 24.5 Å². The third-order valence-electron chi connectivity index (χ3n) is 4.12. The summed E-state index contributed by atoms with van der Waals surface area (Å²) in [5.74, 6) is 0.790. The highest BCUT2D eigenvalue weighted by atomic mass is 16.5. The van der Waals surface area contributed by atoms with Crippen molar-refractivity contribution in [3.63, 3.8) is 0 Å². The van der Waals surface area contributed by atoms with Crippen LogP contribution in [-0.4, -0.2) is 37.7 Å². The van der Waals surface area contributed by atoms with E-state index in [4.69, 9.17) is 4.74 Å². The fourth-order valence-corrected chi connectivity index (χ4v) is 2.98. The van der Waals surface area contributed by atoms with Gasteiger partial charge in [-0.2, -0.15) is 0 Å². The number of amides is 1. The standard InChI is InChI=1S/C13H24N2O2/c1-8(2)12(7-17-3)15-13(16)10-6-9-4-5-11(10)14-9/h8-12,14H,4-7H2,1-3H3,(H,15,16). The van der Waals surface area contributed by atoms with Crippen molar-refractivity contribution < 1.29 is 9.53 Å². The zero-order chi connectivity index (χ0) is 12.4. The summed E-state index contributed by atoms with van der Waals surface area (Å²) in [4.78, 5) is 12.2. The highest BCUT2D eigenvalue weighted by Gasteiger charge is 2.43. The van der Waals surface area contributed by atoms with Gasteiger partial charge in [0.25, 0.3) is 0 Å². The molecule has 2 heterocycles. The molecule has 98 valence electrons. The second kappa shape index (κ2) is 5.36. The second-order valence-electron chi connectivity index (χ2n) is 5.70. The quantitative estimate of drug-likeness (QED) is 0.751. The molecule has 4 heteroatoms. The van der Waals surface area contributed by atoms with Gasteiger partial charge in [-0.05, 0) is 25.2 Å². The van der Waals surface area contributed by atoms with E-state index < -0.39 is 0 Å². The van der Waals surface area contributed by atoms with Crippen LogP contribution < -0.4 is 10.6 Å². The molecule has 4 unspecified atom stereocenters. The lowest BCUT2D eigenvalue weighted by molar-refractivity contribution is -0.127. The Morgan fingerprint density at radius 2 is 2.24 bits per heavy atom. The Balaban J connectivity index is 1.87. The minimum absolute atomic E-state index is 0.131. The molecule has 0 aliphatic carbocycles. The van der Waals surface area contributed by atoms with Gasteiger partial charge in [0.1, 0.15) is 0 Å². The minimum Gasteiger partial charge on any atom is -0.383 e. The molecule has 0 aromatic carbocycles. The summed E-state index contributed by atoms with van der Waals surface area (Å²) < 4.78 is 5.16. The molecule has 4 atom stereocenters. The molecular formula is C13H24N2O2. The maximum atomic E-state index is 12.2. The first kappa shape index (κ1) is 12.8. The van der Waals surface area contributed by atoms with E-state index in [1.807, 2.05) is 0 Å². The molecule has 17 heavy (non-hydrogen) atoms. The van der Waals surface area contributed by atoms with Crippen molar-refractivity contribution in [1.29, 1.82) is 0 Å². The molecule has 2 N–H and O–H groups in total. The van der Waals surface area contributed by atoms with Crippen molar-refractivity contribution in [1.82, 2.24) is 10.6 Å². The van der Waals surface area contributed by atoms with Gasteiger partial charge in [0.2, 0.25) is 5.91 Å². The van der Waals surface area contributed by atoms with Crippen molar-refractivity contribution >= 4 is 5.91 Å². The molecule has 0 aromatic heterocycles. The fraction of sp³-hybridized carbons (Fsp3) is 0.923. The van der Waals surface area contributed by atoms with E-state index in [0.717, 1.165) is 12.8 Å². The SMILES string of the molecule is COCC(NC(=O)C1CC2CCC1N2)C(C)C. The Morgan fingerprint density at radius 1 is 1.47 bits per heavy atom. The zero-order valence-electron chi connectivity index (χ0n) is 11.0. The van der Waals surface area contributed by atoms with Crippen molar-refractivity contribution in [3.8, 4) is 0 Å². The Kier molecular flexibility index (Phi) is 4.05. The first-order chi connectivity index (χ1) is 8.11. The topological polar surface area (TPSA) is 50.4 Å². The number of nitrogens with one attached hydrogen (secondary N) is 2. The molecule has 0 saturated carbocycles. The van der Waals surface area contributed by atoms with Gasteiger partial charge in [-0.1, -0.05) is 13.8 Å². The van der Waals surface area contributed by atoms with Crippen LogP contribution in [-0.2, 0) is 9.53 Å². The van der Waals surface area contributed by atoms with Crippen LogP contribution in [0.25, 0.3) is 0 Å². The first-order valence-corrected chi connectivity index (χ1v) is 6.67. The number of methoxy groups -OCH3 is 1. The molecule has 0 radical (unpaired) electrons. The summed E-state index contributed by atoms with van der Waals surface area (Å²) in [6, 6.07) is 1.12. The van der Waals surface area contributed by atoms with Gasteiger partial charge >= 0.3 is 0 Å². The van der Waals surface area contributed by atoms with Crippen LogP contribution in [0.2, 0.25) is 0 Å². The summed E-state index contributed by atoms with van der Waals surface area (Å²) in [5.41, 5.74) is 0. The first-order valence-electron chi connectivity index (χ1n) is 6.67. The van der Waals surface area contributed by atoms with Crippen molar-refractivity contribution in [2.75, 3.05) is 13.7 Å². The van der Waals surface area contributed by atoms with Crippen LogP contribution in [0.5, 0.6) is 0 Å². The van der Waals surface area contributed by atoms with Crippen molar-refractivity contribution in [3.05, 3.63) is 0 Å². The van der Waals surface area contributed by atoms with Gasteiger partial charge in [0.05, 0.1) is 18.6 Å². The van der Waals surface area contributed by atoms with Gasteiger partial charge in [0, 0.05) is 19.2 Å². The maximum Gasteiger partial charge on any atom is 0.225 e. The van der Waals surface area contributed by atoms with E-state index >= 15 is 0 Å². The summed E-state index contributed by atoms with van der Waals surface area (Å²) in [6.45, 7) is 4.82. The molecule has 2 aliphatic heterocycles. The van der Waals surface area contributed by atoms with Crippen LogP contribution in [0.3, 0.4) is 0 Å². The van der Waals surface area contributed by atoms with Gasteiger partial charge in [-0.3, -0.25) is 4.79 Å². The lowest BCUT2D eigenvalue weighted by atomic mass is 9.88. The van der Waals surface area contributed by atoms with Gasteiger partial charge < -0.3 is 15.4 Å². The number of ether oxygens (including phenoxy) is 1. The minimum atomic E-state index is 0.131. The molecule has 2 saturated heterocycles. The van der Waals surface area contributed by atoms with Crippen LogP contribution in [0, 0.1) is 11.8 Å². The highest BCUT2D eigenvalue weighted by molar-refractivity contribution is 5.80. The maximum absolute atomic E-state index is 12.2. The number of hydrogen-bond acceptors (Lipinski definition) is 3. The summed E-state index contributed by atoms with van der Waals surface area (Å²) in [5, 5.41) is 6.64. The van der Waals surface area contributed by atoms with Gasteiger partial charge in [-0.25, -0.2) is 0 Å². The number of carbonyl (C=O) groups excluding carboxylic acids is 1. The summed E-state index contributed by atoms with van der Waals surface area (Å²) in [6.07, 6.45) is 3.40. The van der Waals surface area contributed by atoms with Crippen molar-refractivity contribution in [2.45, 2.75) is 51.2 Å². The van der Waals surface area contributed by atoms with Gasteiger partial charge in [-0.15, -0.1) is 0 Å². The molecule has 2 fully saturated rings. The largest absolute Gasteiger partial charge is 0.383 e. The Labute approximate surface area is 103 Å². The van der Waals surface area contributed by atoms with Crippen molar-refractivity contribution in [2.24, 2.45) is 11.8 Å². The number of rotatable bonds is 5. The fourth-order valence-electron chi connectivity index (χ4n) is 2.98. The average Bonchev–Trinajstić information content (AvgIpc) is 2.89. The van der Waals surface area contributed by atoms with Gasteiger partial charge in [0.15, 0.2) is 0 Å². The smallest absolute Gasteiger partial charge is 0.225 e. The summed E-state index contributed by atoms with van der Waals surface area (Å²) >= 11 is 0. The van der Waals surface area contributed by atoms with Crippen LogP contribution in [0.4, 0.5) is 0 Å². The normalized spacial score (nSPS) is 33.1. The predicted octanol–water partition coefficient (Wildman–Crippen LogP) is 0.914. The average molecular weight is 240 g/mol. The van der Waals surface area contributed by atoms with Crippen LogP contribution >= 0.6 is 0 Å². The van der Waals surface area contributed by atoms with Crippen LogP contribution in [0.1, 0.15) is 33.1 Å². The Hall–Kier alpha value is -0.610. The monoisotopic (exact) mass is 240 g/mol. The molecule has 4 nitrogen and oxygen atoms in total. The molecule has 1 amide bonds. The third kappa shape index (κ3) is 2.80.